The van der Waals surface area contributed by atoms with Crippen LogP contribution in [-0.4, -0.2) is 16.8 Å². The van der Waals surface area contributed by atoms with Crippen LogP contribution in [0.15, 0.2) is 54.6 Å². The predicted octanol–water partition coefficient (Wildman–Crippen LogP) is 1.40. The van der Waals surface area contributed by atoms with Gasteiger partial charge in [-0.1, -0.05) is 42.5 Å². The molecule has 106 valence electrons. The number of nitrogens with two attached hydrogens (primary N) is 1. The van der Waals surface area contributed by atoms with E-state index in [-0.39, 0.29) is 10.9 Å². The van der Waals surface area contributed by atoms with Crippen LogP contribution in [0.2, 0.25) is 0 Å². The van der Waals surface area contributed by atoms with E-state index in [1.807, 2.05) is 0 Å². The van der Waals surface area contributed by atoms with Crippen molar-refractivity contribution in [3.8, 4) is 0 Å². The molecule has 0 fully saturated rings. The monoisotopic (exact) mass is 299 g/mol. The quantitative estimate of drug-likeness (QED) is 0.591. The van der Waals surface area contributed by atoms with E-state index in [9.17, 15) is 9.59 Å². The van der Waals surface area contributed by atoms with Crippen molar-refractivity contribution in [1.82, 2.24) is 10.9 Å². The van der Waals surface area contributed by atoms with Gasteiger partial charge in [-0.05, 0) is 24.3 Å². The number of carbonyl (C=O) groups is 2. The average molecular weight is 299 g/mol. The molecule has 0 aliphatic carbocycles. The van der Waals surface area contributed by atoms with Crippen molar-refractivity contribution in [2.24, 2.45) is 5.73 Å². The van der Waals surface area contributed by atoms with E-state index < -0.39 is 5.91 Å². The largest absolute Gasteiger partial charge is 0.389 e. The van der Waals surface area contributed by atoms with Gasteiger partial charge in [0, 0.05) is 16.7 Å². The molecule has 21 heavy (non-hydrogen) atoms. The summed E-state index contributed by atoms with van der Waals surface area (Å²) >= 11 is 4.83. The number of benzene rings is 2. The second-order valence-corrected chi connectivity index (χ2v) is 4.66. The molecule has 2 rings (SSSR count). The Balaban J connectivity index is 1.96. The highest BCUT2D eigenvalue weighted by atomic mass is 32.1. The third-order valence-electron chi connectivity index (χ3n) is 2.76. The first-order valence-electron chi connectivity index (χ1n) is 6.13. The summed E-state index contributed by atoms with van der Waals surface area (Å²) in [5.74, 6) is -0.808. The number of hydrazine groups is 1. The van der Waals surface area contributed by atoms with Crippen LogP contribution in [0.25, 0.3) is 0 Å². The molecule has 6 heteroatoms. The summed E-state index contributed by atoms with van der Waals surface area (Å²) in [6.07, 6.45) is 0. The number of rotatable bonds is 3. The molecule has 0 spiro atoms. The van der Waals surface area contributed by atoms with E-state index >= 15 is 0 Å². The lowest BCUT2D eigenvalue weighted by Crippen LogP contribution is -2.41. The number of carbonyl (C=O) groups excluding carboxylic acids is 2. The third kappa shape index (κ3) is 3.87. The summed E-state index contributed by atoms with van der Waals surface area (Å²) in [6, 6.07) is 15.1. The topological polar surface area (TPSA) is 84.2 Å². The van der Waals surface area contributed by atoms with Gasteiger partial charge in [0.25, 0.3) is 11.8 Å². The van der Waals surface area contributed by atoms with Gasteiger partial charge in [0.1, 0.15) is 4.99 Å². The maximum atomic E-state index is 11.9. The van der Waals surface area contributed by atoms with Crippen molar-refractivity contribution in [2.75, 3.05) is 0 Å². The van der Waals surface area contributed by atoms with Crippen molar-refractivity contribution < 1.29 is 9.59 Å². The predicted molar refractivity (Wildman–Crippen MR) is 83.7 cm³/mol. The SMILES string of the molecule is NC(=S)c1ccc(C(=O)NNC(=O)c2ccccc2)cc1. The summed E-state index contributed by atoms with van der Waals surface area (Å²) in [4.78, 5) is 23.9. The van der Waals surface area contributed by atoms with Gasteiger partial charge in [0.05, 0.1) is 0 Å². The molecule has 0 bridgehead atoms. The summed E-state index contributed by atoms with van der Waals surface area (Å²) in [5, 5.41) is 0. The number of amides is 2. The van der Waals surface area contributed by atoms with E-state index in [0.717, 1.165) is 0 Å². The minimum Gasteiger partial charge on any atom is -0.389 e. The molecule has 5 nitrogen and oxygen atoms in total. The van der Waals surface area contributed by atoms with Crippen LogP contribution in [0.3, 0.4) is 0 Å². The Morgan fingerprint density at radius 1 is 0.762 bits per heavy atom. The van der Waals surface area contributed by atoms with E-state index in [4.69, 9.17) is 18.0 Å². The van der Waals surface area contributed by atoms with Crippen LogP contribution >= 0.6 is 12.2 Å². The fourth-order valence-corrected chi connectivity index (χ4v) is 1.77. The molecule has 0 heterocycles. The van der Waals surface area contributed by atoms with E-state index in [2.05, 4.69) is 10.9 Å². The molecule has 2 aromatic carbocycles. The number of hydrogen-bond donors (Lipinski definition) is 3. The number of hydrogen-bond acceptors (Lipinski definition) is 3. The summed E-state index contributed by atoms with van der Waals surface area (Å²) < 4.78 is 0. The molecule has 0 aliphatic heterocycles. The second-order valence-electron chi connectivity index (χ2n) is 4.22. The van der Waals surface area contributed by atoms with Crippen molar-refractivity contribution >= 4 is 29.0 Å². The molecule has 0 unspecified atom stereocenters. The Morgan fingerprint density at radius 3 is 1.67 bits per heavy atom. The van der Waals surface area contributed by atoms with Crippen molar-refractivity contribution in [3.63, 3.8) is 0 Å². The van der Waals surface area contributed by atoms with Gasteiger partial charge in [-0.3, -0.25) is 20.4 Å². The van der Waals surface area contributed by atoms with Gasteiger partial charge in [-0.25, -0.2) is 0 Å². The maximum absolute atomic E-state index is 11.9. The van der Waals surface area contributed by atoms with Gasteiger partial charge in [0.2, 0.25) is 0 Å². The normalized spacial score (nSPS) is 9.71. The summed E-state index contributed by atoms with van der Waals surface area (Å²) in [6.45, 7) is 0. The van der Waals surface area contributed by atoms with Crippen LogP contribution in [-0.2, 0) is 0 Å². The van der Waals surface area contributed by atoms with Crippen LogP contribution in [0.5, 0.6) is 0 Å². The first-order valence-corrected chi connectivity index (χ1v) is 6.54. The number of thiocarbonyl (C=S) groups is 1. The number of nitrogens with one attached hydrogen (secondary N) is 2. The molecule has 2 amide bonds. The highest BCUT2D eigenvalue weighted by molar-refractivity contribution is 7.80. The lowest BCUT2D eigenvalue weighted by atomic mass is 10.1. The Morgan fingerprint density at radius 2 is 1.19 bits per heavy atom. The smallest absolute Gasteiger partial charge is 0.269 e. The van der Waals surface area contributed by atoms with E-state index in [1.54, 1.807) is 54.6 Å². The second kappa shape index (κ2) is 6.62. The first kappa shape index (κ1) is 14.7. The standard InChI is InChI=1S/C15H13N3O2S/c16-13(21)10-6-8-12(9-7-10)15(20)18-17-14(19)11-4-2-1-3-5-11/h1-9H,(H2,16,21)(H,17,19)(H,18,20). The molecule has 4 N–H and O–H groups in total. The zero-order valence-corrected chi connectivity index (χ0v) is 11.8. The van der Waals surface area contributed by atoms with Crippen molar-refractivity contribution in [2.45, 2.75) is 0 Å². The van der Waals surface area contributed by atoms with Crippen molar-refractivity contribution in [1.29, 1.82) is 0 Å². The zero-order chi connectivity index (χ0) is 15.2. The maximum Gasteiger partial charge on any atom is 0.269 e. The Kier molecular flexibility index (Phi) is 4.63. The lowest BCUT2D eigenvalue weighted by Gasteiger charge is -2.07. The van der Waals surface area contributed by atoms with E-state index in [0.29, 0.717) is 16.7 Å². The van der Waals surface area contributed by atoms with Crippen LogP contribution in [0, 0.1) is 0 Å². The van der Waals surface area contributed by atoms with Gasteiger partial charge in [0.15, 0.2) is 0 Å². The molecular weight excluding hydrogens is 286 g/mol. The fraction of sp³-hybridized carbons (Fsp3) is 0. The molecule has 0 radical (unpaired) electrons. The molecule has 0 aromatic heterocycles. The minimum absolute atomic E-state index is 0.263. The summed E-state index contributed by atoms with van der Waals surface area (Å²) in [7, 11) is 0. The average Bonchev–Trinajstić information content (AvgIpc) is 2.53. The Hall–Kier alpha value is -2.73. The highest BCUT2D eigenvalue weighted by Crippen LogP contribution is 2.04. The third-order valence-corrected chi connectivity index (χ3v) is 2.99. The van der Waals surface area contributed by atoms with Crippen LogP contribution in [0.4, 0.5) is 0 Å². The van der Waals surface area contributed by atoms with Gasteiger partial charge >= 0.3 is 0 Å². The lowest BCUT2D eigenvalue weighted by molar-refractivity contribution is 0.0846. The summed E-state index contributed by atoms with van der Waals surface area (Å²) in [5.41, 5.74) is 11.7. The first-order chi connectivity index (χ1) is 10.1. The molecular formula is C15H13N3O2S. The van der Waals surface area contributed by atoms with E-state index in [1.165, 1.54) is 0 Å². The van der Waals surface area contributed by atoms with Crippen LogP contribution in [0.1, 0.15) is 26.3 Å². The Bertz CT molecular complexity index is 669. The highest BCUT2D eigenvalue weighted by Gasteiger charge is 2.08. The molecule has 0 atom stereocenters. The van der Waals surface area contributed by atoms with Gasteiger partial charge < -0.3 is 5.73 Å². The fourth-order valence-electron chi connectivity index (χ4n) is 1.63. The molecule has 0 saturated heterocycles. The molecule has 0 aliphatic rings. The van der Waals surface area contributed by atoms with Gasteiger partial charge in [-0.15, -0.1) is 0 Å². The minimum atomic E-state index is -0.422. The Labute approximate surface area is 127 Å². The molecule has 0 saturated carbocycles. The van der Waals surface area contributed by atoms with Gasteiger partial charge in [-0.2, -0.15) is 0 Å². The van der Waals surface area contributed by atoms with Crippen LogP contribution < -0.4 is 16.6 Å². The van der Waals surface area contributed by atoms with Crippen molar-refractivity contribution in [3.05, 3.63) is 71.3 Å². The molecule has 2 aromatic rings. The zero-order valence-electron chi connectivity index (χ0n) is 11.0.